The van der Waals surface area contributed by atoms with Crippen LogP contribution in [-0.4, -0.2) is 14.8 Å². The van der Waals surface area contributed by atoms with Gasteiger partial charge in [-0.2, -0.15) is 5.14 Å². The van der Waals surface area contributed by atoms with Crippen molar-refractivity contribution in [1.29, 1.82) is 0 Å². The first-order chi connectivity index (χ1) is 6.20. The molecule has 0 aromatic carbocycles. The summed E-state index contributed by atoms with van der Waals surface area (Å²) in [6.07, 6.45) is 5.32. The van der Waals surface area contributed by atoms with Crippen LogP contribution in [0.1, 0.15) is 12.6 Å². The van der Waals surface area contributed by atoms with Crippen LogP contribution in [0.3, 0.4) is 0 Å². The molecule has 2 unspecified atom stereocenters. The van der Waals surface area contributed by atoms with Crippen LogP contribution in [0.15, 0.2) is 30.5 Å². The molecule has 0 radical (unpaired) electrons. The molecule has 0 bridgehead atoms. The van der Waals surface area contributed by atoms with Gasteiger partial charge in [-0.25, -0.2) is 0 Å². The molecule has 0 aliphatic carbocycles. The first kappa shape index (κ1) is 10.2. The smallest absolute Gasteiger partial charge is 0.150 e. The largest absolute Gasteiger partial charge is 0.598 e. The molecular weight excluding hydrogens is 184 g/mol. The molecule has 0 aliphatic rings. The molecule has 2 atom stereocenters. The highest BCUT2D eigenvalue weighted by molar-refractivity contribution is 7.89. The van der Waals surface area contributed by atoms with Gasteiger partial charge >= 0.3 is 0 Å². The van der Waals surface area contributed by atoms with Gasteiger partial charge in [0.05, 0.1) is 5.69 Å². The van der Waals surface area contributed by atoms with Crippen LogP contribution in [-0.2, 0) is 11.4 Å². The molecule has 0 saturated carbocycles. The number of nitrogens with zero attached hydrogens (tertiary/aromatic N) is 1. The second-order valence-electron chi connectivity index (χ2n) is 2.65. The van der Waals surface area contributed by atoms with Gasteiger partial charge in [0.2, 0.25) is 0 Å². The van der Waals surface area contributed by atoms with E-state index < -0.39 is 11.4 Å². The Bertz CT molecular complexity index is 274. The highest BCUT2D eigenvalue weighted by Crippen LogP contribution is 2.01. The van der Waals surface area contributed by atoms with Crippen LogP contribution in [0.4, 0.5) is 0 Å². The Balaban J connectivity index is 2.59. The van der Waals surface area contributed by atoms with E-state index in [2.05, 4.69) is 4.98 Å². The van der Waals surface area contributed by atoms with Crippen LogP contribution >= 0.6 is 0 Å². The summed E-state index contributed by atoms with van der Waals surface area (Å²) in [5.41, 5.74) is 0.847. The number of aromatic nitrogens is 1. The molecule has 1 aromatic heterocycles. The van der Waals surface area contributed by atoms with E-state index in [1.54, 1.807) is 19.2 Å². The molecule has 1 aromatic rings. The molecule has 1 heterocycles. The maximum atomic E-state index is 10.8. The molecule has 1 rings (SSSR count). The van der Waals surface area contributed by atoms with Gasteiger partial charge in [-0.3, -0.25) is 4.98 Å². The lowest BCUT2D eigenvalue weighted by Gasteiger charge is -2.06. The molecule has 70 valence electrons. The second-order valence-corrected chi connectivity index (χ2v) is 4.05. The zero-order valence-corrected chi connectivity index (χ0v) is 8.20. The minimum atomic E-state index is -1.30. The lowest BCUT2D eigenvalue weighted by Crippen LogP contribution is -2.23. The summed E-state index contributed by atoms with van der Waals surface area (Å²) in [5, 5.41) is 5.06. The van der Waals surface area contributed by atoms with E-state index in [0.29, 0.717) is 0 Å². The molecule has 0 spiro atoms. The predicted octanol–water partition coefficient (Wildman–Crippen LogP) is 1.11. The van der Waals surface area contributed by atoms with Crippen molar-refractivity contribution < 1.29 is 4.55 Å². The van der Waals surface area contributed by atoms with Crippen molar-refractivity contribution >= 4 is 17.4 Å². The van der Waals surface area contributed by atoms with E-state index in [1.165, 1.54) is 0 Å². The summed E-state index contributed by atoms with van der Waals surface area (Å²) >= 11 is -1.30. The minimum Gasteiger partial charge on any atom is -0.598 e. The standard InChI is InChI=1S/C9H12N2OS/c1-8(13(10)12)5-6-9-4-2-3-7-11-9/h2-8H,10H2,1H3. The van der Waals surface area contributed by atoms with Gasteiger partial charge in [0, 0.05) is 17.6 Å². The summed E-state index contributed by atoms with van der Waals surface area (Å²) in [6.45, 7) is 1.80. The quantitative estimate of drug-likeness (QED) is 0.736. The Morgan fingerprint density at radius 1 is 1.62 bits per heavy atom. The van der Waals surface area contributed by atoms with Crippen molar-refractivity contribution in [1.82, 2.24) is 4.98 Å². The zero-order valence-electron chi connectivity index (χ0n) is 7.38. The van der Waals surface area contributed by atoms with Crippen molar-refractivity contribution in [2.45, 2.75) is 12.2 Å². The minimum absolute atomic E-state index is 0.137. The van der Waals surface area contributed by atoms with Crippen molar-refractivity contribution in [3.63, 3.8) is 0 Å². The molecule has 3 nitrogen and oxygen atoms in total. The summed E-state index contributed by atoms with van der Waals surface area (Å²) in [7, 11) is 0. The number of nitrogens with two attached hydrogens (primary N) is 1. The molecule has 0 saturated heterocycles. The first-order valence-corrected chi connectivity index (χ1v) is 5.22. The summed E-state index contributed by atoms with van der Waals surface area (Å²) in [6, 6.07) is 5.63. The third kappa shape index (κ3) is 3.59. The van der Waals surface area contributed by atoms with Crippen molar-refractivity contribution in [3.05, 3.63) is 36.2 Å². The maximum absolute atomic E-state index is 10.8. The molecular formula is C9H12N2OS. The van der Waals surface area contributed by atoms with E-state index in [1.807, 2.05) is 24.3 Å². The Hall–Kier alpha value is -0.840. The highest BCUT2D eigenvalue weighted by Gasteiger charge is 2.07. The second kappa shape index (κ2) is 5.01. The fraction of sp³-hybridized carbons (Fsp3) is 0.222. The fourth-order valence-electron chi connectivity index (χ4n) is 0.786. The van der Waals surface area contributed by atoms with E-state index in [9.17, 15) is 4.55 Å². The summed E-state index contributed by atoms with van der Waals surface area (Å²) in [4.78, 5) is 4.08. The van der Waals surface area contributed by atoms with Crippen LogP contribution in [0.5, 0.6) is 0 Å². The third-order valence-corrected chi connectivity index (χ3v) is 2.48. The fourth-order valence-corrected chi connectivity index (χ4v) is 1.02. The van der Waals surface area contributed by atoms with Crippen LogP contribution in [0, 0.1) is 0 Å². The normalized spacial score (nSPS) is 15.9. The van der Waals surface area contributed by atoms with E-state index in [-0.39, 0.29) is 5.25 Å². The maximum Gasteiger partial charge on any atom is 0.150 e. The van der Waals surface area contributed by atoms with Gasteiger partial charge in [0.1, 0.15) is 0 Å². The Morgan fingerprint density at radius 2 is 2.38 bits per heavy atom. The zero-order chi connectivity index (χ0) is 9.68. The first-order valence-electron chi connectivity index (χ1n) is 3.94. The van der Waals surface area contributed by atoms with Crippen LogP contribution in [0.2, 0.25) is 0 Å². The summed E-state index contributed by atoms with van der Waals surface area (Å²) in [5.74, 6) is 0. The van der Waals surface area contributed by atoms with Gasteiger partial charge in [-0.15, -0.1) is 0 Å². The number of hydrogen-bond donors (Lipinski definition) is 1. The predicted molar refractivity (Wildman–Crippen MR) is 55.1 cm³/mol. The molecule has 2 N–H and O–H groups in total. The van der Waals surface area contributed by atoms with Crippen molar-refractivity contribution in [3.8, 4) is 0 Å². The number of pyridine rings is 1. The number of hydrogen-bond acceptors (Lipinski definition) is 3. The Kier molecular flexibility index (Phi) is 3.95. The highest BCUT2D eigenvalue weighted by atomic mass is 32.2. The molecule has 0 aliphatic heterocycles. The van der Waals surface area contributed by atoms with E-state index in [4.69, 9.17) is 5.14 Å². The monoisotopic (exact) mass is 196 g/mol. The summed E-state index contributed by atoms with van der Waals surface area (Å²) < 4.78 is 10.8. The van der Waals surface area contributed by atoms with Gasteiger partial charge in [0.25, 0.3) is 0 Å². The van der Waals surface area contributed by atoms with E-state index in [0.717, 1.165) is 5.69 Å². The SMILES string of the molecule is CC(C=Cc1ccccn1)[S+](N)[O-]. The van der Waals surface area contributed by atoms with E-state index >= 15 is 0 Å². The third-order valence-electron chi connectivity index (χ3n) is 1.59. The Labute approximate surface area is 81.0 Å². The van der Waals surface area contributed by atoms with Gasteiger partial charge in [-0.1, -0.05) is 6.07 Å². The van der Waals surface area contributed by atoms with Gasteiger partial charge in [0.15, 0.2) is 5.25 Å². The average Bonchev–Trinajstić information content (AvgIpc) is 2.15. The van der Waals surface area contributed by atoms with Crippen LogP contribution in [0.25, 0.3) is 6.08 Å². The molecule has 0 fully saturated rings. The average molecular weight is 196 g/mol. The number of rotatable bonds is 3. The molecule has 13 heavy (non-hydrogen) atoms. The molecule has 4 heteroatoms. The lowest BCUT2D eigenvalue weighted by molar-refractivity contribution is 0.592. The lowest BCUT2D eigenvalue weighted by atomic mass is 10.3. The Morgan fingerprint density at radius 3 is 2.92 bits per heavy atom. The van der Waals surface area contributed by atoms with Crippen molar-refractivity contribution in [2.75, 3.05) is 0 Å². The topological polar surface area (TPSA) is 62.0 Å². The molecule has 0 amide bonds. The van der Waals surface area contributed by atoms with Gasteiger partial charge < -0.3 is 4.55 Å². The van der Waals surface area contributed by atoms with Crippen LogP contribution < -0.4 is 5.14 Å². The van der Waals surface area contributed by atoms with Gasteiger partial charge in [-0.05, 0) is 31.2 Å². The van der Waals surface area contributed by atoms with Crippen molar-refractivity contribution in [2.24, 2.45) is 5.14 Å².